The molecule has 0 amide bonds. The summed E-state index contributed by atoms with van der Waals surface area (Å²) in [4.78, 5) is 7.12. The van der Waals surface area contributed by atoms with Gasteiger partial charge in [-0.2, -0.15) is 5.10 Å². The van der Waals surface area contributed by atoms with Gasteiger partial charge in [-0.05, 0) is 40.2 Å². The van der Waals surface area contributed by atoms with Gasteiger partial charge in [0.05, 0.1) is 6.04 Å². The predicted molar refractivity (Wildman–Crippen MR) is 78.4 cm³/mol. The SMILES string of the molecule is CC1=NC(NC2CCC3C=NNC3C2)N(C)C(C)C1. The molecule has 3 aliphatic rings. The van der Waals surface area contributed by atoms with Crippen molar-refractivity contribution in [2.24, 2.45) is 16.0 Å². The van der Waals surface area contributed by atoms with Crippen LogP contribution >= 0.6 is 0 Å². The highest BCUT2D eigenvalue weighted by molar-refractivity contribution is 5.83. The van der Waals surface area contributed by atoms with Crippen LogP contribution in [0, 0.1) is 5.92 Å². The number of nitrogens with zero attached hydrogens (tertiary/aromatic N) is 3. The van der Waals surface area contributed by atoms with E-state index in [1.165, 1.54) is 18.6 Å². The summed E-state index contributed by atoms with van der Waals surface area (Å²) in [5, 5.41) is 7.93. The summed E-state index contributed by atoms with van der Waals surface area (Å²) in [5.41, 5.74) is 4.50. The van der Waals surface area contributed by atoms with Crippen LogP contribution in [0.4, 0.5) is 0 Å². The molecule has 5 nitrogen and oxygen atoms in total. The monoisotopic (exact) mass is 263 g/mol. The number of aliphatic imine (C=N–C) groups is 1. The van der Waals surface area contributed by atoms with E-state index >= 15 is 0 Å². The van der Waals surface area contributed by atoms with E-state index < -0.39 is 0 Å². The molecule has 0 aromatic carbocycles. The van der Waals surface area contributed by atoms with E-state index in [1.54, 1.807) is 0 Å². The van der Waals surface area contributed by atoms with Crippen LogP contribution in [0.5, 0.6) is 0 Å². The maximum atomic E-state index is 4.77. The van der Waals surface area contributed by atoms with Crippen molar-refractivity contribution in [2.45, 2.75) is 63.9 Å². The summed E-state index contributed by atoms with van der Waals surface area (Å²) in [7, 11) is 2.17. The van der Waals surface area contributed by atoms with Crippen molar-refractivity contribution in [3.63, 3.8) is 0 Å². The Morgan fingerprint density at radius 2 is 2.26 bits per heavy atom. The van der Waals surface area contributed by atoms with Gasteiger partial charge < -0.3 is 5.43 Å². The first-order chi connectivity index (χ1) is 9.13. The highest BCUT2D eigenvalue weighted by atomic mass is 15.4. The summed E-state index contributed by atoms with van der Waals surface area (Å²) < 4.78 is 0. The molecule has 0 spiro atoms. The Balaban J connectivity index is 1.60. The van der Waals surface area contributed by atoms with Gasteiger partial charge in [0.15, 0.2) is 6.29 Å². The molecule has 1 fully saturated rings. The van der Waals surface area contributed by atoms with Gasteiger partial charge >= 0.3 is 0 Å². The Morgan fingerprint density at radius 3 is 3.11 bits per heavy atom. The van der Waals surface area contributed by atoms with Crippen LogP contribution < -0.4 is 10.7 Å². The number of nitrogens with one attached hydrogen (secondary N) is 2. The van der Waals surface area contributed by atoms with Gasteiger partial charge in [0.2, 0.25) is 0 Å². The maximum absolute atomic E-state index is 4.77. The normalized spacial score (nSPS) is 42.7. The average Bonchev–Trinajstić information content (AvgIpc) is 2.82. The number of hydrogen-bond donors (Lipinski definition) is 2. The second-order valence-corrected chi connectivity index (χ2v) is 6.31. The molecule has 0 bridgehead atoms. The standard InChI is InChI=1S/C14H25N5/c1-9-6-10(2)19(3)14(16-9)17-12-5-4-11-8-15-18-13(11)7-12/h8,10-14,17-18H,4-7H2,1-3H3. The van der Waals surface area contributed by atoms with Gasteiger partial charge in [0.1, 0.15) is 0 Å². The highest BCUT2D eigenvalue weighted by Crippen LogP contribution is 2.27. The van der Waals surface area contributed by atoms with Crippen LogP contribution in [0.25, 0.3) is 0 Å². The predicted octanol–water partition coefficient (Wildman–Crippen LogP) is 1.17. The second-order valence-electron chi connectivity index (χ2n) is 6.31. The number of hydrogen-bond acceptors (Lipinski definition) is 5. The van der Waals surface area contributed by atoms with Gasteiger partial charge in [0, 0.05) is 36.3 Å². The van der Waals surface area contributed by atoms with Crippen LogP contribution in [0.1, 0.15) is 39.5 Å². The van der Waals surface area contributed by atoms with E-state index in [-0.39, 0.29) is 6.29 Å². The molecule has 2 aliphatic heterocycles. The first-order valence-electron chi connectivity index (χ1n) is 7.43. The number of hydrazone groups is 1. The Hall–Kier alpha value is -0.940. The van der Waals surface area contributed by atoms with Crippen molar-refractivity contribution in [2.75, 3.05) is 7.05 Å². The van der Waals surface area contributed by atoms with Crippen LogP contribution in [-0.2, 0) is 0 Å². The minimum Gasteiger partial charge on any atom is -0.307 e. The van der Waals surface area contributed by atoms with Crippen LogP contribution in [0.2, 0.25) is 0 Å². The Kier molecular flexibility index (Phi) is 3.58. The minimum absolute atomic E-state index is 0.146. The fourth-order valence-electron chi connectivity index (χ4n) is 3.44. The first kappa shape index (κ1) is 13.1. The molecule has 0 saturated heterocycles. The van der Waals surface area contributed by atoms with E-state index in [4.69, 9.17) is 4.99 Å². The molecular formula is C14H25N5. The fraction of sp³-hybridized carbons (Fsp3) is 0.857. The quantitative estimate of drug-likeness (QED) is 0.786. The topological polar surface area (TPSA) is 52.0 Å². The molecular weight excluding hydrogens is 238 g/mol. The van der Waals surface area contributed by atoms with E-state index in [2.05, 4.69) is 47.9 Å². The van der Waals surface area contributed by atoms with E-state index in [1.807, 2.05) is 0 Å². The summed E-state index contributed by atoms with van der Waals surface area (Å²) in [6.45, 7) is 4.41. The lowest BCUT2D eigenvalue weighted by Crippen LogP contribution is -2.55. The molecule has 0 radical (unpaired) electrons. The highest BCUT2D eigenvalue weighted by Gasteiger charge is 2.34. The van der Waals surface area contributed by atoms with E-state index in [0.717, 1.165) is 12.8 Å². The zero-order chi connectivity index (χ0) is 13.4. The second kappa shape index (κ2) is 5.21. The lowest BCUT2D eigenvalue weighted by Gasteiger charge is -2.39. The summed E-state index contributed by atoms with van der Waals surface area (Å²) in [6.07, 6.45) is 6.91. The summed E-state index contributed by atoms with van der Waals surface area (Å²) >= 11 is 0. The third kappa shape index (κ3) is 2.67. The van der Waals surface area contributed by atoms with Crippen LogP contribution in [0.15, 0.2) is 10.1 Å². The Morgan fingerprint density at radius 1 is 1.42 bits per heavy atom. The molecule has 5 unspecified atom stereocenters. The zero-order valence-electron chi connectivity index (χ0n) is 12.1. The summed E-state index contributed by atoms with van der Waals surface area (Å²) in [5.74, 6) is 0.645. The number of rotatable bonds is 2. The Labute approximate surface area is 115 Å². The summed E-state index contributed by atoms with van der Waals surface area (Å²) in [6, 6.07) is 1.65. The van der Waals surface area contributed by atoms with Crippen molar-refractivity contribution >= 4 is 11.9 Å². The van der Waals surface area contributed by atoms with Gasteiger partial charge in [-0.15, -0.1) is 0 Å². The number of fused-ring (bicyclic) bond motifs is 1. The first-order valence-corrected chi connectivity index (χ1v) is 7.43. The molecule has 0 aromatic rings. The molecule has 0 aromatic heterocycles. The zero-order valence-corrected chi connectivity index (χ0v) is 12.1. The molecule has 19 heavy (non-hydrogen) atoms. The minimum atomic E-state index is 0.146. The van der Waals surface area contributed by atoms with Gasteiger partial charge in [-0.1, -0.05) is 0 Å². The van der Waals surface area contributed by atoms with Crippen LogP contribution in [-0.4, -0.2) is 48.3 Å². The molecule has 3 rings (SSSR count). The van der Waals surface area contributed by atoms with Gasteiger partial charge in [-0.25, -0.2) is 0 Å². The van der Waals surface area contributed by atoms with E-state index in [0.29, 0.717) is 24.0 Å². The van der Waals surface area contributed by atoms with Gasteiger partial charge in [0.25, 0.3) is 0 Å². The van der Waals surface area contributed by atoms with Crippen molar-refractivity contribution in [1.29, 1.82) is 0 Å². The van der Waals surface area contributed by atoms with Crippen LogP contribution in [0.3, 0.4) is 0 Å². The molecule has 1 saturated carbocycles. The third-order valence-electron chi connectivity index (χ3n) is 4.81. The Bertz CT molecular complexity index is 391. The molecule has 5 atom stereocenters. The molecule has 2 N–H and O–H groups in total. The molecule has 2 heterocycles. The maximum Gasteiger partial charge on any atom is 0.156 e. The van der Waals surface area contributed by atoms with Crippen molar-refractivity contribution in [1.82, 2.24) is 15.6 Å². The van der Waals surface area contributed by atoms with E-state index in [9.17, 15) is 0 Å². The average molecular weight is 263 g/mol. The molecule has 1 aliphatic carbocycles. The van der Waals surface area contributed by atoms with Gasteiger partial charge in [-0.3, -0.25) is 15.2 Å². The lowest BCUT2D eigenvalue weighted by atomic mass is 9.83. The molecule has 5 heteroatoms. The smallest absolute Gasteiger partial charge is 0.156 e. The van der Waals surface area contributed by atoms with Crippen molar-refractivity contribution in [3.05, 3.63) is 0 Å². The largest absolute Gasteiger partial charge is 0.307 e. The van der Waals surface area contributed by atoms with Crippen molar-refractivity contribution < 1.29 is 0 Å². The third-order valence-corrected chi connectivity index (χ3v) is 4.81. The molecule has 106 valence electrons. The van der Waals surface area contributed by atoms with Crippen molar-refractivity contribution in [3.8, 4) is 0 Å². The fourth-order valence-corrected chi connectivity index (χ4v) is 3.44. The lowest BCUT2D eigenvalue weighted by molar-refractivity contribution is 0.125.